The zero-order chi connectivity index (χ0) is 14.5. The van der Waals surface area contributed by atoms with Crippen LogP contribution < -0.4 is 4.74 Å². The number of H-pyrrole nitrogens is 1. The van der Waals surface area contributed by atoms with E-state index < -0.39 is 5.82 Å². The van der Waals surface area contributed by atoms with Crippen molar-refractivity contribution in [1.29, 1.82) is 0 Å². The Hall–Kier alpha value is -1.89. The molecule has 0 fully saturated rings. The Balaban J connectivity index is 1.88. The molecule has 1 amide bonds. The topological polar surface area (TPSA) is 58.2 Å². The number of halogens is 2. The molecular weight excluding hydrogens is 329 g/mol. The normalized spacial score (nSPS) is 10.3. The molecule has 1 aromatic heterocycles. The Morgan fingerprint density at radius 3 is 3.00 bits per heavy atom. The zero-order valence-corrected chi connectivity index (χ0v) is 12.4. The zero-order valence-electron chi connectivity index (χ0n) is 10.8. The minimum Gasteiger partial charge on any atom is -0.481 e. The number of likely N-dealkylation sites (N-methyl/N-ethyl adjacent to an activating group) is 1. The predicted molar refractivity (Wildman–Crippen MR) is 74.7 cm³/mol. The van der Waals surface area contributed by atoms with Gasteiger partial charge in [0.25, 0.3) is 5.91 Å². The molecule has 0 aliphatic rings. The summed E-state index contributed by atoms with van der Waals surface area (Å²) in [6.45, 7) is 0.203. The molecule has 5 nitrogen and oxygen atoms in total. The summed E-state index contributed by atoms with van der Waals surface area (Å²) in [5.74, 6) is -0.698. The summed E-state index contributed by atoms with van der Waals surface area (Å²) in [7, 11) is 1.65. The number of hydrogen-bond acceptors (Lipinski definition) is 3. The second-order valence-electron chi connectivity index (χ2n) is 4.22. The Labute approximate surface area is 123 Å². The number of hydrogen-bond donors (Lipinski definition) is 1. The number of aromatic amines is 1. The van der Waals surface area contributed by atoms with Gasteiger partial charge in [-0.05, 0) is 18.2 Å². The first-order valence-electron chi connectivity index (χ1n) is 5.85. The standard InChI is InChI=1S/C13H13BrFN3O2/c1-18(7-9-5-16-17-6-9)13(19)8-20-12-3-2-10(14)4-11(12)15/h2-6H,7-8H2,1H3,(H,16,17). The highest BCUT2D eigenvalue weighted by atomic mass is 79.9. The molecular formula is C13H13BrFN3O2. The lowest BCUT2D eigenvalue weighted by molar-refractivity contribution is -0.132. The highest BCUT2D eigenvalue weighted by Crippen LogP contribution is 2.21. The molecule has 0 spiro atoms. The smallest absolute Gasteiger partial charge is 0.260 e. The van der Waals surface area contributed by atoms with Crippen molar-refractivity contribution in [2.45, 2.75) is 6.54 Å². The highest BCUT2D eigenvalue weighted by Gasteiger charge is 2.12. The van der Waals surface area contributed by atoms with Gasteiger partial charge in [0.05, 0.1) is 6.20 Å². The van der Waals surface area contributed by atoms with Crippen LogP contribution in [0.3, 0.4) is 0 Å². The van der Waals surface area contributed by atoms with E-state index in [0.717, 1.165) is 5.56 Å². The lowest BCUT2D eigenvalue weighted by Crippen LogP contribution is -2.30. The first-order chi connectivity index (χ1) is 9.56. The van der Waals surface area contributed by atoms with Crippen LogP contribution in [0.5, 0.6) is 5.75 Å². The van der Waals surface area contributed by atoms with Gasteiger partial charge in [0.15, 0.2) is 18.2 Å². The van der Waals surface area contributed by atoms with E-state index in [1.165, 1.54) is 17.0 Å². The lowest BCUT2D eigenvalue weighted by atomic mass is 10.3. The van der Waals surface area contributed by atoms with Crippen molar-refractivity contribution < 1.29 is 13.9 Å². The molecule has 106 valence electrons. The van der Waals surface area contributed by atoms with Gasteiger partial charge in [-0.1, -0.05) is 15.9 Å². The molecule has 1 heterocycles. The number of carbonyl (C=O) groups excluding carboxylic acids is 1. The van der Waals surface area contributed by atoms with Crippen LogP contribution in [0, 0.1) is 5.82 Å². The van der Waals surface area contributed by atoms with Gasteiger partial charge in [0, 0.05) is 29.8 Å². The maximum Gasteiger partial charge on any atom is 0.260 e. The third-order valence-electron chi connectivity index (χ3n) is 2.65. The van der Waals surface area contributed by atoms with Crippen LogP contribution >= 0.6 is 15.9 Å². The largest absolute Gasteiger partial charge is 0.481 e. The predicted octanol–water partition coefficient (Wildman–Crippen LogP) is 2.35. The van der Waals surface area contributed by atoms with Crippen LogP contribution in [0.2, 0.25) is 0 Å². The SMILES string of the molecule is CN(Cc1cn[nH]c1)C(=O)COc1ccc(Br)cc1F. The summed E-state index contributed by atoms with van der Waals surface area (Å²) in [6, 6.07) is 4.41. The number of amides is 1. The third-order valence-corrected chi connectivity index (χ3v) is 3.14. The van der Waals surface area contributed by atoms with Crippen molar-refractivity contribution in [2.24, 2.45) is 0 Å². The number of ether oxygens (including phenoxy) is 1. The van der Waals surface area contributed by atoms with Crippen molar-refractivity contribution in [2.75, 3.05) is 13.7 Å². The highest BCUT2D eigenvalue weighted by molar-refractivity contribution is 9.10. The molecule has 0 saturated carbocycles. The molecule has 0 saturated heterocycles. The van der Waals surface area contributed by atoms with Gasteiger partial charge < -0.3 is 9.64 Å². The number of aromatic nitrogens is 2. The van der Waals surface area contributed by atoms with Gasteiger partial charge in [-0.3, -0.25) is 9.89 Å². The Morgan fingerprint density at radius 2 is 2.35 bits per heavy atom. The molecule has 0 atom stereocenters. The Bertz CT molecular complexity index is 589. The summed E-state index contributed by atoms with van der Waals surface area (Å²) in [5.41, 5.74) is 0.885. The number of benzene rings is 1. The minimum absolute atomic E-state index is 0.0539. The van der Waals surface area contributed by atoms with Gasteiger partial charge in [0.1, 0.15) is 0 Å². The quantitative estimate of drug-likeness (QED) is 0.908. The van der Waals surface area contributed by atoms with Crippen molar-refractivity contribution in [1.82, 2.24) is 15.1 Å². The number of rotatable bonds is 5. The van der Waals surface area contributed by atoms with Crippen molar-refractivity contribution in [3.63, 3.8) is 0 Å². The number of nitrogens with one attached hydrogen (secondary N) is 1. The van der Waals surface area contributed by atoms with Crippen LogP contribution in [0.15, 0.2) is 35.1 Å². The second kappa shape index (κ2) is 6.51. The fourth-order valence-electron chi connectivity index (χ4n) is 1.57. The molecule has 1 N–H and O–H groups in total. The maximum atomic E-state index is 13.5. The summed E-state index contributed by atoms with van der Waals surface area (Å²) < 4.78 is 19.3. The molecule has 1 aromatic carbocycles. The maximum absolute atomic E-state index is 13.5. The molecule has 0 aliphatic carbocycles. The third kappa shape index (κ3) is 3.80. The van der Waals surface area contributed by atoms with E-state index in [1.807, 2.05) is 0 Å². The van der Waals surface area contributed by atoms with E-state index in [0.29, 0.717) is 11.0 Å². The van der Waals surface area contributed by atoms with Gasteiger partial charge >= 0.3 is 0 Å². The molecule has 0 bridgehead atoms. The van der Waals surface area contributed by atoms with Crippen molar-refractivity contribution in [3.05, 3.63) is 46.4 Å². The number of nitrogens with zero attached hydrogens (tertiary/aromatic N) is 2. The minimum atomic E-state index is -0.510. The van der Waals surface area contributed by atoms with Crippen molar-refractivity contribution in [3.8, 4) is 5.75 Å². The molecule has 0 unspecified atom stereocenters. The summed E-state index contributed by atoms with van der Waals surface area (Å²) in [5, 5.41) is 6.47. The summed E-state index contributed by atoms with van der Waals surface area (Å²) in [4.78, 5) is 13.3. The van der Waals surface area contributed by atoms with E-state index >= 15 is 0 Å². The first-order valence-corrected chi connectivity index (χ1v) is 6.65. The van der Waals surface area contributed by atoms with Gasteiger partial charge in [-0.2, -0.15) is 5.10 Å². The van der Waals surface area contributed by atoms with E-state index in [-0.39, 0.29) is 18.3 Å². The van der Waals surface area contributed by atoms with E-state index in [4.69, 9.17) is 4.74 Å². The van der Waals surface area contributed by atoms with Gasteiger partial charge in [-0.15, -0.1) is 0 Å². The van der Waals surface area contributed by atoms with Crippen LogP contribution in [-0.2, 0) is 11.3 Å². The van der Waals surface area contributed by atoms with Crippen molar-refractivity contribution >= 4 is 21.8 Å². The first kappa shape index (κ1) is 14.5. The Morgan fingerprint density at radius 1 is 1.55 bits per heavy atom. The van der Waals surface area contributed by atoms with Crippen LogP contribution in [0.1, 0.15) is 5.56 Å². The van der Waals surface area contributed by atoms with E-state index in [2.05, 4.69) is 26.1 Å². The molecule has 2 rings (SSSR count). The Kier molecular flexibility index (Phi) is 4.73. The second-order valence-corrected chi connectivity index (χ2v) is 5.14. The van der Waals surface area contributed by atoms with E-state index in [1.54, 1.807) is 25.5 Å². The summed E-state index contributed by atoms with van der Waals surface area (Å²) >= 11 is 3.15. The molecule has 0 aliphatic heterocycles. The summed E-state index contributed by atoms with van der Waals surface area (Å²) in [6.07, 6.45) is 3.35. The fourth-order valence-corrected chi connectivity index (χ4v) is 1.90. The number of carbonyl (C=O) groups is 1. The molecule has 2 aromatic rings. The van der Waals surface area contributed by atoms with Crippen LogP contribution in [-0.4, -0.2) is 34.7 Å². The fraction of sp³-hybridized carbons (Fsp3) is 0.231. The van der Waals surface area contributed by atoms with E-state index in [9.17, 15) is 9.18 Å². The molecule has 7 heteroatoms. The van der Waals surface area contributed by atoms with Crippen LogP contribution in [0.4, 0.5) is 4.39 Å². The molecule has 20 heavy (non-hydrogen) atoms. The average molecular weight is 342 g/mol. The average Bonchev–Trinajstić information content (AvgIpc) is 2.90. The van der Waals surface area contributed by atoms with Crippen LogP contribution in [0.25, 0.3) is 0 Å². The monoisotopic (exact) mass is 341 g/mol. The van der Waals surface area contributed by atoms with Gasteiger partial charge in [-0.25, -0.2) is 4.39 Å². The lowest BCUT2D eigenvalue weighted by Gasteiger charge is -2.16. The van der Waals surface area contributed by atoms with Gasteiger partial charge in [0.2, 0.25) is 0 Å². The molecule has 0 radical (unpaired) electrons.